The fourth-order valence-electron chi connectivity index (χ4n) is 7.62. The summed E-state index contributed by atoms with van der Waals surface area (Å²) >= 11 is 0. The highest BCUT2D eigenvalue weighted by Crippen LogP contribution is 2.48. The summed E-state index contributed by atoms with van der Waals surface area (Å²) < 4.78 is 0. The zero-order chi connectivity index (χ0) is 31.8. The van der Waals surface area contributed by atoms with Gasteiger partial charge >= 0.3 is 0 Å². The lowest BCUT2D eigenvalue weighted by atomic mass is 9.64. The third-order valence-electron chi connectivity index (χ3n) is 9.91. The third-order valence-corrected chi connectivity index (χ3v) is 9.91. The van der Waals surface area contributed by atoms with Crippen molar-refractivity contribution in [1.29, 1.82) is 0 Å². The minimum Gasteiger partial charge on any atom is -0.347 e. The Bertz CT molecular complexity index is 1940. The Morgan fingerprint density at radius 2 is 1.44 bits per heavy atom. The first-order chi connectivity index (χ1) is 21.6. The average Bonchev–Trinajstić information content (AvgIpc) is 3.20. The molecule has 0 saturated carbocycles. The first-order valence-corrected chi connectivity index (χ1v) is 16.1. The van der Waals surface area contributed by atoms with Crippen molar-refractivity contribution < 1.29 is 0 Å². The standard InChI is InChI=1S/C44H45N/c1-31-15-13-19-36(27-31)30-44(29-35-17-9-8-10-18-35,42-33(3)24-25-37-20-11-12-21-38(37)42)34(4)16-14-22-41-43(5,6)39-28-32(2)23-26-40(39)45(41)7/h8-28H,4,29-30H2,1-3,5-7H3/b16-14+,41-22+. The van der Waals surface area contributed by atoms with E-state index in [4.69, 9.17) is 6.58 Å². The number of allylic oxidation sites excluding steroid dienone is 5. The molecule has 0 N–H and O–H groups in total. The Balaban J connectivity index is 1.52. The summed E-state index contributed by atoms with van der Waals surface area (Å²) in [6, 6.07) is 40.1. The molecule has 0 bridgehead atoms. The number of rotatable bonds is 8. The average molecular weight is 588 g/mol. The molecule has 6 rings (SSSR count). The highest BCUT2D eigenvalue weighted by Gasteiger charge is 2.39. The molecule has 1 aliphatic heterocycles. The monoisotopic (exact) mass is 587 g/mol. The number of hydrogen-bond donors (Lipinski definition) is 0. The largest absolute Gasteiger partial charge is 0.347 e. The summed E-state index contributed by atoms with van der Waals surface area (Å²) in [7, 11) is 2.19. The van der Waals surface area contributed by atoms with Crippen LogP contribution in [-0.2, 0) is 23.7 Å². The van der Waals surface area contributed by atoms with Crippen molar-refractivity contribution in [1.82, 2.24) is 0 Å². The molecule has 1 atom stereocenters. The molecule has 1 heteroatoms. The van der Waals surface area contributed by atoms with Crippen LogP contribution in [0.25, 0.3) is 10.8 Å². The van der Waals surface area contributed by atoms with Crippen LogP contribution in [0.4, 0.5) is 5.69 Å². The Hall–Kier alpha value is -4.62. The second-order valence-electron chi connectivity index (χ2n) is 13.5. The quantitative estimate of drug-likeness (QED) is 0.163. The van der Waals surface area contributed by atoms with Crippen LogP contribution in [0.1, 0.15) is 52.8 Å². The molecule has 0 radical (unpaired) electrons. The lowest BCUT2D eigenvalue weighted by molar-refractivity contribution is 0.508. The van der Waals surface area contributed by atoms with Gasteiger partial charge < -0.3 is 4.90 Å². The first-order valence-electron chi connectivity index (χ1n) is 16.1. The molecule has 226 valence electrons. The van der Waals surface area contributed by atoms with Crippen LogP contribution in [0.3, 0.4) is 0 Å². The number of aryl methyl sites for hydroxylation is 3. The Kier molecular flexibility index (Phi) is 8.14. The van der Waals surface area contributed by atoms with Crippen molar-refractivity contribution in [2.75, 3.05) is 11.9 Å². The summed E-state index contributed by atoms with van der Waals surface area (Å²) in [4.78, 5) is 2.35. The lowest BCUT2D eigenvalue weighted by Gasteiger charge is -2.38. The van der Waals surface area contributed by atoms with Gasteiger partial charge in [0.2, 0.25) is 0 Å². The fourth-order valence-corrected chi connectivity index (χ4v) is 7.62. The number of fused-ring (bicyclic) bond motifs is 2. The SMILES string of the molecule is C=C(/C=C/C=C1/N(C)c2ccc(C)cc2C1(C)C)C(Cc1ccccc1)(Cc1cccc(C)c1)c1c(C)ccc2ccccc12. The van der Waals surface area contributed by atoms with Crippen molar-refractivity contribution >= 4 is 16.5 Å². The van der Waals surface area contributed by atoms with Gasteiger partial charge in [-0.3, -0.25) is 0 Å². The van der Waals surface area contributed by atoms with Gasteiger partial charge in [-0.15, -0.1) is 0 Å². The highest BCUT2D eigenvalue weighted by molar-refractivity contribution is 5.88. The van der Waals surface area contributed by atoms with E-state index in [-0.39, 0.29) is 10.8 Å². The fraction of sp³-hybridized carbons (Fsp3) is 0.227. The van der Waals surface area contributed by atoms with E-state index in [9.17, 15) is 0 Å². The first kappa shape index (κ1) is 30.4. The van der Waals surface area contributed by atoms with Gasteiger partial charge in [-0.1, -0.05) is 147 Å². The summed E-state index contributed by atoms with van der Waals surface area (Å²) in [6.07, 6.45) is 8.54. The smallest absolute Gasteiger partial charge is 0.0448 e. The maximum Gasteiger partial charge on any atom is 0.0448 e. The summed E-state index contributed by atoms with van der Waals surface area (Å²) in [6.45, 7) is 16.2. The maximum absolute atomic E-state index is 4.91. The van der Waals surface area contributed by atoms with Gasteiger partial charge in [0.15, 0.2) is 0 Å². The molecule has 0 aliphatic carbocycles. The second-order valence-corrected chi connectivity index (χ2v) is 13.5. The molecule has 0 saturated heterocycles. The molecular weight excluding hydrogens is 542 g/mol. The Morgan fingerprint density at radius 1 is 0.756 bits per heavy atom. The normalized spacial score (nSPS) is 16.3. The van der Waals surface area contributed by atoms with E-state index in [0.717, 1.165) is 18.4 Å². The topological polar surface area (TPSA) is 3.24 Å². The number of anilines is 1. The number of nitrogens with zero attached hydrogens (tertiary/aromatic N) is 1. The van der Waals surface area contributed by atoms with Gasteiger partial charge in [-0.25, -0.2) is 0 Å². The maximum atomic E-state index is 4.91. The second kappa shape index (κ2) is 12.1. The summed E-state index contributed by atoms with van der Waals surface area (Å²) in [5.41, 5.74) is 12.5. The number of benzene rings is 5. The molecule has 0 spiro atoms. The van der Waals surface area contributed by atoms with Gasteiger partial charge in [0, 0.05) is 29.3 Å². The summed E-state index contributed by atoms with van der Waals surface area (Å²) in [5.74, 6) is 0. The van der Waals surface area contributed by atoms with Crippen LogP contribution in [0.2, 0.25) is 0 Å². The van der Waals surface area contributed by atoms with E-state index >= 15 is 0 Å². The van der Waals surface area contributed by atoms with E-state index < -0.39 is 0 Å². The molecule has 1 nitrogen and oxygen atoms in total. The molecule has 1 unspecified atom stereocenters. The van der Waals surface area contributed by atoms with Crippen molar-refractivity contribution in [3.8, 4) is 0 Å². The summed E-state index contributed by atoms with van der Waals surface area (Å²) in [5, 5.41) is 2.57. The molecule has 5 aromatic carbocycles. The van der Waals surface area contributed by atoms with Crippen LogP contribution >= 0.6 is 0 Å². The minimum atomic E-state index is -0.369. The van der Waals surface area contributed by atoms with E-state index in [1.807, 2.05) is 0 Å². The van der Waals surface area contributed by atoms with Gasteiger partial charge in [0.05, 0.1) is 0 Å². The lowest BCUT2D eigenvalue weighted by Crippen LogP contribution is -2.34. The predicted octanol–water partition coefficient (Wildman–Crippen LogP) is 10.9. The molecule has 1 aliphatic rings. The van der Waals surface area contributed by atoms with Gasteiger partial charge in [-0.2, -0.15) is 0 Å². The molecule has 0 amide bonds. The molecule has 0 aromatic heterocycles. The Morgan fingerprint density at radius 3 is 2.22 bits per heavy atom. The van der Waals surface area contributed by atoms with Gasteiger partial charge in [0.1, 0.15) is 0 Å². The molecule has 0 fully saturated rings. The van der Waals surface area contributed by atoms with E-state index in [1.54, 1.807) is 0 Å². The van der Waals surface area contributed by atoms with Crippen LogP contribution in [0.5, 0.6) is 0 Å². The van der Waals surface area contributed by atoms with Crippen molar-refractivity contribution in [2.24, 2.45) is 0 Å². The van der Waals surface area contributed by atoms with E-state index in [2.05, 4.69) is 174 Å². The third kappa shape index (κ3) is 5.69. The van der Waals surface area contributed by atoms with Gasteiger partial charge in [0.25, 0.3) is 0 Å². The molecular formula is C44H45N. The van der Waals surface area contributed by atoms with E-state index in [1.165, 1.54) is 61.1 Å². The highest BCUT2D eigenvalue weighted by atomic mass is 15.2. The number of likely N-dealkylation sites (N-methyl/N-ethyl adjacent to an activating group) is 1. The van der Waals surface area contributed by atoms with Crippen molar-refractivity contribution in [3.63, 3.8) is 0 Å². The van der Waals surface area contributed by atoms with Crippen LogP contribution in [0, 0.1) is 20.8 Å². The van der Waals surface area contributed by atoms with Gasteiger partial charge in [-0.05, 0) is 89.9 Å². The molecule has 45 heavy (non-hydrogen) atoms. The van der Waals surface area contributed by atoms with E-state index in [0.29, 0.717) is 0 Å². The molecule has 5 aromatic rings. The van der Waals surface area contributed by atoms with Crippen molar-refractivity contribution in [3.05, 3.63) is 184 Å². The van der Waals surface area contributed by atoms with Crippen molar-refractivity contribution in [2.45, 2.75) is 58.3 Å². The minimum absolute atomic E-state index is 0.0866. The van der Waals surface area contributed by atoms with Crippen LogP contribution in [-0.4, -0.2) is 7.05 Å². The Labute approximate surface area is 270 Å². The van der Waals surface area contributed by atoms with Crippen LogP contribution in [0.15, 0.2) is 145 Å². The zero-order valence-electron chi connectivity index (χ0n) is 27.7. The number of hydrogen-bond acceptors (Lipinski definition) is 1. The molecule has 1 heterocycles. The predicted molar refractivity (Wildman–Crippen MR) is 194 cm³/mol. The van der Waals surface area contributed by atoms with Crippen LogP contribution < -0.4 is 4.90 Å². The zero-order valence-corrected chi connectivity index (χ0v) is 27.7.